The molecule has 3 aromatic carbocycles. The molecule has 0 saturated carbocycles. The number of nitrogens with zero attached hydrogens (tertiary/aromatic N) is 4. The molecule has 0 saturated heterocycles. The minimum absolute atomic E-state index is 0.203. The van der Waals surface area contributed by atoms with Gasteiger partial charge in [-0.3, -0.25) is 0 Å². The molecule has 0 fully saturated rings. The maximum absolute atomic E-state index is 16.1. The van der Waals surface area contributed by atoms with E-state index in [-0.39, 0.29) is 11.6 Å². The maximum Gasteiger partial charge on any atom is 0.132 e. The highest BCUT2D eigenvalue weighted by molar-refractivity contribution is 7.19. The van der Waals surface area contributed by atoms with Crippen LogP contribution in [0.25, 0.3) is 85.0 Å². The summed E-state index contributed by atoms with van der Waals surface area (Å²) in [5.74, 6) is 0.939. The van der Waals surface area contributed by atoms with Crippen molar-refractivity contribution in [1.82, 2.24) is 18.7 Å². The first kappa shape index (κ1) is 45.6. The number of aryl methyl sites for hydroxylation is 2. The van der Waals surface area contributed by atoms with Crippen LogP contribution in [0.5, 0.6) is 0 Å². The molecule has 65 heavy (non-hydrogen) atoms. The zero-order chi connectivity index (χ0) is 44.9. The molecule has 9 rings (SSSR count). The molecule has 0 N–H and O–H groups in total. The third-order valence-electron chi connectivity index (χ3n) is 12.9. The van der Waals surface area contributed by atoms with Crippen LogP contribution in [0.1, 0.15) is 103 Å². The Balaban J connectivity index is 1.13. The Morgan fingerprint density at radius 2 is 0.938 bits per heavy atom. The third kappa shape index (κ3) is 9.82. The van der Waals surface area contributed by atoms with E-state index in [0.717, 1.165) is 124 Å². The van der Waals surface area contributed by atoms with Gasteiger partial charge in [0.15, 0.2) is 0 Å². The van der Waals surface area contributed by atoms with Crippen molar-refractivity contribution in [3.8, 4) is 62.9 Å². The highest BCUT2D eigenvalue weighted by atomic mass is 32.1. The van der Waals surface area contributed by atoms with Crippen LogP contribution in [0.15, 0.2) is 95.7 Å². The van der Waals surface area contributed by atoms with Crippen molar-refractivity contribution in [3.63, 3.8) is 0 Å². The number of aromatic nitrogens is 4. The summed E-state index contributed by atoms with van der Waals surface area (Å²) in [6.07, 6.45) is 13.6. The fraction of sp³-hybridized carbons (Fsp3) is 0.333. The lowest BCUT2D eigenvalue weighted by Gasteiger charge is -2.14. The molecule has 0 amide bonds. The van der Waals surface area contributed by atoms with E-state index in [1.807, 2.05) is 36.4 Å². The van der Waals surface area contributed by atoms with Crippen LogP contribution in [-0.2, 0) is 12.8 Å². The van der Waals surface area contributed by atoms with Crippen LogP contribution in [0, 0.1) is 23.5 Å². The zero-order valence-electron chi connectivity index (χ0n) is 37.5. The normalized spacial score (nSPS) is 12.8. The summed E-state index contributed by atoms with van der Waals surface area (Å²) in [7, 11) is 0. The standard InChI is InChI=1S/C54H54F2N4S5/c1-5-9-13-33(7-3)17-19-35-21-23-37(39(55)31-35)41-25-27-43(63-41)47-51-52(58-50(46-16-12-30-62-46)49(57-51)45-15-11-29-61-45)48(54-53(47)59-65-60-54)44-28-26-42(64-44)38-24-22-36(32-40(38)56)20-18-34(8-4)14-10-6-2/h11-12,15-16,21-34H,5-10,13-14,17-20H2,1-4H3. The number of benzene rings is 3. The molecule has 0 radical (unpaired) electrons. The molecule has 0 aliphatic heterocycles. The van der Waals surface area contributed by atoms with Crippen molar-refractivity contribution in [2.45, 2.75) is 105 Å². The molecule has 4 nitrogen and oxygen atoms in total. The van der Waals surface area contributed by atoms with Gasteiger partial charge in [-0.2, -0.15) is 8.75 Å². The average molecular weight is 957 g/mol. The number of fused-ring (bicyclic) bond motifs is 2. The van der Waals surface area contributed by atoms with Gasteiger partial charge in [-0.25, -0.2) is 18.7 Å². The number of unbranched alkanes of at least 4 members (excludes halogenated alkanes) is 2. The van der Waals surface area contributed by atoms with Crippen LogP contribution in [-0.4, -0.2) is 18.7 Å². The highest BCUT2D eigenvalue weighted by Gasteiger charge is 2.27. The number of rotatable bonds is 20. The lowest BCUT2D eigenvalue weighted by Crippen LogP contribution is -2.01. The molecule has 334 valence electrons. The first-order valence-electron chi connectivity index (χ1n) is 23.2. The second-order valence-electron chi connectivity index (χ2n) is 17.2. The first-order chi connectivity index (χ1) is 31.9. The number of hydrogen-bond acceptors (Lipinski definition) is 9. The van der Waals surface area contributed by atoms with E-state index in [4.69, 9.17) is 18.7 Å². The predicted molar refractivity (Wildman–Crippen MR) is 278 cm³/mol. The van der Waals surface area contributed by atoms with Gasteiger partial charge < -0.3 is 0 Å². The smallest absolute Gasteiger partial charge is 0.132 e. The summed E-state index contributed by atoms with van der Waals surface area (Å²) < 4.78 is 42.0. The molecule has 2 atom stereocenters. The van der Waals surface area contributed by atoms with Gasteiger partial charge in [0.05, 0.1) is 21.5 Å². The topological polar surface area (TPSA) is 51.6 Å². The maximum atomic E-state index is 16.1. The molecule has 11 heteroatoms. The predicted octanol–water partition coefficient (Wildman–Crippen LogP) is 18.5. The van der Waals surface area contributed by atoms with Gasteiger partial charge in [-0.15, -0.1) is 45.3 Å². The summed E-state index contributed by atoms with van der Waals surface area (Å²) in [6, 6.07) is 27.9. The number of halogens is 2. The molecule has 6 aromatic heterocycles. The molecular formula is C54H54F2N4S5. The Labute approximate surface area is 401 Å². The van der Waals surface area contributed by atoms with Gasteiger partial charge in [-0.05, 0) is 108 Å². The lowest BCUT2D eigenvalue weighted by atomic mass is 9.92. The van der Waals surface area contributed by atoms with Crippen LogP contribution in [0.3, 0.4) is 0 Å². The molecular weight excluding hydrogens is 903 g/mol. The summed E-state index contributed by atoms with van der Waals surface area (Å²) in [5, 5.41) is 4.13. The number of thiophene rings is 4. The van der Waals surface area contributed by atoms with E-state index < -0.39 is 0 Å². The van der Waals surface area contributed by atoms with Crippen molar-refractivity contribution < 1.29 is 8.78 Å². The molecule has 0 aliphatic carbocycles. The summed E-state index contributed by atoms with van der Waals surface area (Å²) >= 11 is 7.50. The van der Waals surface area contributed by atoms with E-state index in [1.165, 1.54) is 61.2 Å². The van der Waals surface area contributed by atoms with Gasteiger partial charge >= 0.3 is 0 Å². The first-order valence-corrected chi connectivity index (χ1v) is 27.3. The van der Waals surface area contributed by atoms with E-state index >= 15 is 8.78 Å². The monoisotopic (exact) mass is 956 g/mol. The molecule has 0 spiro atoms. The molecule has 6 heterocycles. The Hall–Kier alpha value is -4.52. The zero-order valence-corrected chi connectivity index (χ0v) is 41.5. The van der Waals surface area contributed by atoms with Gasteiger partial charge in [0.2, 0.25) is 0 Å². The lowest BCUT2D eigenvalue weighted by molar-refractivity contribution is 0.421. The molecule has 9 aromatic rings. The minimum Gasteiger partial charge on any atom is -0.242 e. The van der Waals surface area contributed by atoms with E-state index in [0.29, 0.717) is 34.0 Å². The quantitative estimate of drug-likeness (QED) is 0.0764. The number of hydrogen-bond donors (Lipinski definition) is 0. The SMILES string of the molecule is CCCCC(CC)CCc1ccc(-c2ccc(-c3c4nsnc4c(-c4ccc(-c5ccc(CCC(CC)CCCC)cc5F)s4)c4nc(-c5cccs5)c(-c5cccs5)nc34)s2)c(F)c1. The van der Waals surface area contributed by atoms with Crippen molar-refractivity contribution in [2.75, 3.05) is 0 Å². The Morgan fingerprint density at radius 3 is 1.32 bits per heavy atom. The van der Waals surface area contributed by atoms with Gasteiger partial charge in [0.1, 0.15) is 45.1 Å². The molecule has 0 bridgehead atoms. The van der Waals surface area contributed by atoms with E-state index in [9.17, 15) is 0 Å². The van der Waals surface area contributed by atoms with Crippen molar-refractivity contribution in [2.24, 2.45) is 11.8 Å². The van der Waals surface area contributed by atoms with Crippen molar-refractivity contribution >= 4 is 79.1 Å². The molecule has 2 unspecified atom stereocenters. The van der Waals surface area contributed by atoms with E-state index in [2.05, 4.69) is 74.9 Å². The Bertz CT molecular complexity index is 2800. The van der Waals surface area contributed by atoms with Crippen molar-refractivity contribution in [1.29, 1.82) is 0 Å². The summed E-state index contributed by atoms with van der Waals surface area (Å²) in [5.41, 5.74) is 9.38. The second-order valence-corrected chi connectivity index (χ2v) is 21.7. The second kappa shape index (κ2) is 21.0. The minimum atomic E-state index is -0.203. The van der Waals surface area contributed by atoms with Gasteiger partial charge in [0, 0.05) is 41.8 Å². The highest BCUT2D eigenvalue weighted by Crippen LogP contribution is 2.49. The van der Waals surface area contributed by atoms with Gasteiger partial charge in [-0.1, -0.05) is 115 Å². The van der Waals surface area contributed by atoms with Crippen LogP contribution in [0.2, 0.25) is 0 Å². The van der Waals surface area contributed by atoms with Crippen molar-refractivity contribution in [3.05, 3.63) is 118 Å². The largest absolute Gasteiger partial charge is 0.242 e. The van der Waals surface area contributed by atoms with E-state index in [1.54, 1.807) is 34.8 Å². The van der Waals surface area contributed by atoms with Crippen LogP contribution in [0.4, 0.5) is 8.78 Å². The fourth-order valence-electron chi connectivity index (χ4n) is 9.06. The Morgan fingerprint density at radius 1 is 0.492 bits per heavy atom. The Kier molecular flexibility index (Phi) is 14.7. The fourth-order valence-corrected chi connectivity index (χ4v) is 13.2. The molecule has 0 aliphatic rings. The average Bonchev–Trinajstić information content (AvgIpc) is 4.19. The summed E-state index contributed by atoms with van der Waals surface area (Å²) in [6.45, 7) is 9.01. The van der Waals surface area contributed by atoms with Gasteiger partial charge in [0.25, 0.3) is 0 Å². The third-order valence-corrected chi connectivity index (χ3v) is 17.5. The summed E-state index contributed by atoms with van der Waals surface area (Å²) in [4.78, 5) is 16.6. The van der Waals surface area contributed by atoms with Crippen LogP contribution < -0.4 is 0 Å². The van der Waals surface area contributed by atoms with Crippen LogP contribution >= 0.6 is 57.1 Å².